The summed E-state index contributed by atoms with van der Waals surface area (Å²) in [7, 11) is 0. The molecule has 0 bridgehead atoms. The summed E-state index contributed by atoms with van der Waals surface area (Å²) in [5, 5.41) is 10.1. The maximum atomic E-state index is 11.0. The van der Waals surface area contributed by atoms with Crippen LogP contribution in [0.5, 0.6) is 0 Å². The van der Waals surface area contributed by atoms with Gasteiger partial charge in [0.1, 0.15) is 0 Å². The molecule has 0 aliphatic heterocycles. The Bertz CT molecular complexity index is 636. The van der Waals surface area contributed by atoms with Crippen LogP contribution in [0.3, 0.4) is 0 Å². The van der Waals surface area contributed by atoms with E-state index >= 15 is 0 Å². The molecule has 2 rings (SSSR count). The van der Waals surface area contributed by atoms with Crippen molar-refractivity contribution in [1.29, 1.82) is 0 Å². The summed E-state index contributed by atoms with van der Waals surface area (Å²) in [5.74, 6) is -0.807. The van der Waals surface area contributed by atoms with Gasteiger partial charge < -0.3 is 15.4 Å². The maximum absolute atomic E-state index is 11.0. The third-order valence-corrected chi connectivity index (χ3v) is 3.54. The molecule has 0 amide bonds. The molecule has 108 valence electrons. The van der Waals surface area contributed by atoms with E-state index in [1.807, 2.05) is 10.8 Å². The van der Waals surface area contributed by atoms with E-state index in [0.717, 1.165) is 16.5 Å². The lowest BCUT2D eigenvalue weighted by atomic mass is 9.86. The molecule has 0 unspecified atom stereocenters. The number of nitrogens with two attached hydrogens (primary N) is 1. The first kappa shape index (κ1) is 14.6. The van der Waals surface area contributed by atoms with Crippen molar-refractivity contribution in [3.8, 4) is 0 Å². The summed E-state index contributed by atoms with van der Waals surface area (Å²) in [5.41, 5.74) is 8.79. The Labute approximate surface area is 119 Å². The van der Waals surface area contributed by atoms with Gasteiger partial charge in [-0.1, -0.05) is 26.8 Å². The Morgan fingerprint density at radius 1 is 1.35 bits per heavy atom. The predicted octanol–water partition coefficient (Wildman–Crippen LogP) is 2.52. The third kappa shape index (κ3) is 2.85. The van der Waals surface area contributed by atoms with E-state index < -0.39 is 5.97 Å². The average Bonchev–Trinajstić information content (AvgIpc) is 2.66. The monoisotopic (exact) mass is 274 g/mol. The molecule has 4 nitrogen and oxygen atoms in total. The first-order valence-electron chi connectivity index (χ1n) is 6.87. The number of fused-ring (bicyclic) bond motifs is 1. The van der Waals surface area contributed by atoms with Crippen LogP contribution in [-0.2, 0) is 23.2 Å². The van der Waals surface area contributed by atoms with E-state index in [-0.39, 0.29) is 11.8 Å². The van der Waals surface area contributed by atoms with Crippen LogP contribution in [0.2, 0.25) is 0 Å². The van der Waals surface area contributed by atoms with Crippen LogP contribution in [0.25, 0.3) is 10.9 Å². The van der Waals surface area contributed by atoms with Crippen molar-refractivity contribution in [1.82, 2.24) is 4.57 Å². The number of rotatable bonds is 4. The van der Waals surface area contributed by atoms with E-state index in [0.29, 0.717) is 13.1 Å². The lowest BCUT2D eigenvalue weighted by Crippen LogP contribution is -2.11. The number of aromatic nitrogens is 1. The zero-order valence-corrected chi connectivity index (χ0v) is 12.3. The number of hydrogen-bond acceptors (Lipinski definition) is 2. The SMILES string of the molecule is CC(C)(C)c1ccc2c(c1)c(CC(=O)O)cn2CCN. The smallest absolute Gasteiger partial charge is 0.307 e. The highest BCUT2D eigenvalue weighted by Gasteiger charge is 2.17. The van der Waals surface area contributed by atoms with Crippen LogP contribution < -0.4 is 5.73 Å². The average molecular weight is 274 g/mol. The fraction of sp³-hybridized carbons (Fsp3) is 0.438. The molecule has 0 atom stereocenters. The molecule has 0 radical (unpaired) electrons. The number of hydrogen-bond donors (Lipinski definition) is 2. The van der Waals surface area contributed by atoms with E-state index in [2.05, 4.69) is 39.0 Å². The van der Waals surface area contributed by atoms with Crippen molar-refractivity contribution in [2.75, 3.05) is 6.54 Å². The highest BCUT2D eigenvalue weighted by atomic mass is 16.4. The Kier molecular flexibility index (Phi) is 3.86. The summed E-state index contributed by atoms with van der Waals surface area (Å²) >= 11 is 0. The highest BCUT2D eigenvalue weighted by Crippen LogP contribution is 2.29. The van der Waals surface area contributed by atoms with Gasteiger partial charge in [-0.3, -0.25) is 4.79 Å². The summed E-state index contributed by atoms with van der Waals surface area (Å²) in [6.07, 6.45) is 1.96. The van der Waals surface area contributed by atoms with E-state index in [4.69, 9.17) is 10.8 Å². The fourth-order valence-corrected chi connectivity index (χ4v) is 2.47. The Morgan fingerprint density at radius 2 is 2.05 bits per heavy atom. The van der Waals surface area contributed by atoms with Gasteiger partial charge in [0.2, 0.25) is 0 Å². The summed E-state index contributed by atoms with van der Waals surface area (Å²) in [4.78, 5) is 11.0. The van der Waals surface area contributed by atoms with Gasteiger partial charge in [0.05, 0.1) is 6.42 Å². The van der Waals surface area contributed by atoms with Crippen LogP contribution >= 0.6 is 0 Å². The minimum absolute atomic E-state index is 0.0433. The largest absolute Gasteiger partial charge is 0.481 e. The molecule has 3 N–H and O–H groups in total. The molecule has 2 aromatic rings. The summed E-state index contributed by atoms with van der Waals surface area (Å²) in [6, 6.07) is 6.29. The molecule has 0 saturated carbocycles. The predicted molar refractivity (Wildman–Crippen MR) is 81.0 cm³/mol. The van der Waals surface area contributed by atoms with Crippen molar-refractivity contribution in [2.24, 2.45) is 5.73 Å². The molecular weight excluding hydrogens is 252 g/mol. The van der Waals surface area contributed by atoms with Crippen molar-refractivity contribution in [3.05, 3.63) is 35.5 Å². The summed E-state index contributed by atoms with van der Waals surface area (Å²) < 4.78 is 2.04. The van der Waals surface area contributed by atoms with Crippen LogP contribution in [-0.4, -0.2) is 22.2 Å². The molecular formula is C16H22N2O2. The molecule has 0 aliphatic carbocycles. The quantitative estimate of drug-likeness (QED) is 0.900. The Hall–Kier alpha value is -1.81. The van der Waals surface area contributed by atoms with Crippen LogP contribution in [0.4, 0.5) is 0 Å². The molecule has 0 saturated heterocycles. The van der Waals surface area contributed by atoms with Crippen LogP contribution in [0, 0.1) is 0 Å². The van der Waals surface area contributed by atoms with E-state index in [1.165, 1.54) is 5.56 Å². The van der Waals surface area contributed by atoms with Crippen molar-refractivity contribution >= 4 is 16.9 Å². The minimum atomic E-state index is -0.807. The topological polar surface area (TPSA) is 68.2 Å². The van der Waals surface area contributed by atoms with Gasteiger partial charge in [0, 0.05) is 30.2 Å². The van der Waals surface area contributed by atoms with Gasteiger partial charge in [-0.25, -0.2) is 0 Å². The Balaban J connectivity index is 2.61. The van der Waals surface area contributed by atoms with E-state index in [9.17, 15) is 4.79 Å². The maximum Gasteiger partial charge on any atom is 0.307 e. The lowest BCUT2D eigenvalue weighted by Gasteiger charge is -2.19. The number of carbonyl (C=O) groups is 1. The zero-order valence-electron chi connectivity index (χ0n) is 12.3. The second kappa shape index (κ2) is 5.29. The molecule has 0 fully saturated rings. The second-order valence-electron chi connectivity index (χ2n) is 6.19. The molecule has 0 spiro atoms. The van der Waals surface area contributed by atoms with Crippen molar-refractivity contribution < 1.29 is 9.90 Å². The number of carboxylic acids is 1. The molecule has 1 aromatic carbocycles. The van der Waals surface area contributed by atoms with Crippen molar-refractivity contribution in [2.45, 2.75) is 39.2 Å². The Morgan fingerprint density at radius 3 is 2.60 bits per heavy atom. The molecule has 0 aliphatic rings. The fourth-order valence-electron chi connectivity index (χ4n) is 2.47. The van der Waals surface area contributed by atoms with Gasteiger partial charge in [-0.05, 0) is 28.7 Å². The van der Waals surface area contributed by atoms with Crippen LogP contribution in [0.15, 0.2) is 24.4 Å². The van der Waals surface area contributed by atoms with Gasteiger partial charge in [-0.2, -0.15) is 0 Å². The highest BCUT2D eigenvalue weighted by molar-refractivity contribution is 5.88. The van der Waals surface area contributed by atoms with Crippen molar-refractivity contribution in [3.63, 3.8) is 0 Å². The standard InChI is InChI=1S/C16H22N2O2/c1-16(2,3)12-4-5-14-13(9-12)11(8-15(19)20)10-18(14)7-6-17/h4-5,9-10H,6-8,17H2,1-3H3,(H,19,20). The van der Waals surface area contributed by atoms with Crippen LogP contribution in [0.1, 0.15) is 31.9 Å². The van der Waals surface area contributed by atoms with Gasteiger partial charge in [0.15, 0.2) is 0 Å². The molecule has 1 aromatic heterocycles. The molecule has 20 heavy (non-hydrogen) atoms. The normalized spacial score (nSPS) is 12.0. The number of carboxylic acid groups (broad SMARTS) is 1. The van der Waals surface area contributed by atoms with Gasteiger partial charge >= 0.3 is 5.97 Å². The number of benzene rings is 1. The number of aliphatic carboxylic acids is 1. The lowest BCUT2D eigenvalue weighted by molar-refractivity contribution is -0.136. The summed E-state index contributed by atoms with van der Waals surface area (Å²) in [6.45, 7) is 7.70. The second-order valence-corrected chi connectivity index (χ2v) is 6.19. The van der Waals surface area contributed by atoms with Gasteiger partial charge in [0.25, 0.3) is 0 Å². The molecule has 4 heteroatoms. The minimum Gasteiger partial charge on any atom is -0.481 e. The number of nitrogens with zero attached hydrogens (tertiary/aromatic N) is 1. The first-order valence-corrected chi connectivity index (χ1v) is 6.87. The van der Waals surface area contributed by atoms with Gasteiger partial charge in [-0.15, -0.1) is 0 Å². The third-order valence-electron chi connectivity index (χ3n) is 3.54. The molecule has 1 heterocycles. The van der Waals surface area contributed by atoms with E-state index in [1.54, 1.807) is 0 Å². The zero-order chi connectivity index (χ0) is 14.9. The first-order chi connectivity index (χ1) is 9.32.